The number of nitrogens with two attached hydrogens (primary N) is 1. The Balaban J connectivity index is 1.58. The van der Waals surface area contributed by atoms with Crippen molar-refractivity contribution in [3.05, 3.63) is 16.3 Å². The minimum absolute atomic E-state index is 0.118. The van der Waals surface area contributed by atoms with Crippen LogP contribution in [0, 0.1) is 0 Å². The van der Waals surface area contributed by atoms with Crippen LogP contribution in [-0.4, -0.2) is 47.9 Å². The first-order valence-electron chi connectivity index (χ1n) is 7.12. The lowest BCUT2D eigenvalue weighted by atomic mass is 10.0. The first-order valence-corrected chi connectivity index (χ1v) is 8.00. The van der Waals surface area contributed by atoms with Crippen molar-refractivity contribution in [2.75, 3.05) is 31.9 Å². The fourth-order valence-corrected chi connectivity index (χ4v) is 3.96. The molecule has 2 aliphatic rings. The molecule has 0 spiro atoms. The quantitative estimate of drug-likeness (QED) is 0.901. The van der Waals surface area contributed by atoms with Crippen LogP contribution in [0.1, 0.15) is 35.4 Å². The molecule has 2 saturated heterocycles. The van der Waals surface area contributed by atoms with Crippen LogP contribution in [0.4, 0.5) is 5.69 Å². The van der Waals surface area contributed by atoms with E-state index in [0.29, 0.717) is 16.6 Å². The maximum absolute atomic E-state index is 12.4. The molecule has 3 rings (SSSR count). The highest BCUT2D eigenvalue weighted by atomic mass is 32.1. The first-order chi connectivity index (χ1) is 9.25. The third kappa shape index (κ3) is 2.62. The maximum Gasteiger partial charge on any atom is 0.266 e. The zero-order valence-corrected chi connectivity index (χ0v) is 12.0. The van der Waals surface area contributed by atoms with Gasteiger partial charge in [0.1, 0.15) is 4.88 Å². The number of anilines is 1. The van der Waals surface area contributed by atoms with Gasteiger partial charge in [0.05, 0.1) is 5.69 Å². The van der Waals surface area contributed by atoms with E-state index in [2.05, 4.69) is 4.90 Å². The normalized spacial score (nSPS) is 22.0. The molecule has 0 aromatic carbocycles. The fraction of sp³-hybridized carbons (Fsp3) is 0.643. The molecule has 2 aliphatic heterocycles. The van der Waals surface area contributed by atoms with Crippen molar-refractivity contribution in [2.24, 2.45) is 0 Å². The Bertz CT molecular complexity index is 445. The van der Waals surface area contributed by atoms with E-state index in [9.17, 15) is 4.79 Å². The maximum atomic E-state index is 12.4. The van der Waals surface area contributed by atoms with Gasteiger partial charge in [-0.25, -0.2) is 0 Å². The number of carbonyl (C=O) groups is 1. The largest absolute Gasteiger partial charge is 0.397 e. The topological polar surface area (TPSA) is 49.6 Å². The molecule has 5 heteroatoms. The lowest BCUT2D eigenvalue weighted by Crippen LogP contribution is -2.45. The molecule has 0 aliphatic carbocycles. The summed E-state index contributed by atoms with van der Waals surface area (Å²) < 4.78 is 0. The van der Waals surface area contributed by atoms with Gasteiger partial charge in [-0.05, 0) is 50.2 Å². The molecule has 3 heterocycles. The number of piperidine rings is 1. The predicted molar refractivity (Wildman–Crippen MR) is 78.5 cm³/mol. The average molecular weight is 279 g/mol. The predicted octanol–water partition coefficient (Wildman–Crippen LogP) is 2.03. The van der Waals surface area contributed by atoms with Gasteiger partial charge in [0, 0.05) is 19.1 Å². The van der Waals surface area contributed by atoms with Crippen molar-refractivity contribution in [2.45, 2.75) is 31.7 Å². The van der Waals surface area contributed by atoms with Gasteiger partial charge in [0.25, 0.3) is 5.91 Å². The van der Waals surface area contributed by atoms with Gasteiger partial charge in [-0.1, -0.05) is 0 Å². The second-order valence-corrected chi connectivity index (χ2v) is 6.39. The highest BCUT2D eigenvalue weighted by molar-refractivity contribution is 7.12. The number of thiophene rings is 1. The number of carbonyl (C=O) groups excluding carboxylic acids is 1. The molecule has 0 unspecified atom stereocenters. The van der Waals surface area contributed by atoms with Crippen LogP contribution in [0.5, 0.6) is 0 Å². The highest BCUT2D eigenvalue weighted by Crippen LogP contribution is 2.25. The Labute approximate surface area is 118 Å². The second-order valence-electron chi connectivity index (χ2n) is 5.47. The Kier molecular flexibility index (Phi) is 3.75. The molecule has 104 valence electrons. The van der Waals surface area contributed by atoms with Gasteiger partial charge in [0.15, 0.2) is 0 Å². The minimum Gasteiger partial charge on any atom is -0.397 e. The monoisotopic (exact) mass is 279 g/mol. The number of amides is 1. The van der Waals surface area contributed by atoms with E-state index in [4.69, 9.17) is 5.73 Å². The Morgan fingerprint density at radius 3 is 2.47 bits per heavy atom. The molecular weight excluding hydrogens is 258 g/mol. The molecule has 0 atom stereocenters. The van der Waals surface area contributed by atoms with Crippen LogP contribution in [0.25, 0.3) is 0 Å². The van der Waals surface area contributed by atoms with Gasteiger partial charge in [-0.15, -0.1) is 11.3 Å². The molecule has 0 radical (unpaired) electrons. The van der Waals surface area contributed by atoms with Crippen molar-refractivity contribution in [1.29, 1.82) is 0 Å². The van der Waals surface area contributed by atoms with Crippen LogP contribution >= 0.6 is 11.3 Å². The molecule has 0 saturated carbocycles. The number of nitrogen functional groups attached to an aromatic ring is 1. The fourth-order valence-electron chi connectivity index (χ4n) is 3.18. The smallest absolute Gasteiger partial charge is 0.266 e. The number of nitrogens with zero attached hydrogens (tertiary/aromatic N) is 2. The minimum atomic E-state index is 0.118. The van der Waals surface area contributed by atoms with E-state index in [-0.39, 0.29) is 5.91 Å². The van der Waals surface area contributed by atoms with E-state index in [1.54, 1.807) is 0 Å². The average Bonchev–Trinajstić information content (AvgIpc) is 3.09. The van der Waals surface area contributed by atoms with Gasteiger partial charge in [-0.3, -0.25) is 4.79 Å². The molecule has 0 bridgehead atoms. The standard InChI is InChI=1S/C14H21N3OS/c15-12-5-10-19-13(12)14(18)17-8-3-11(4-9-17)16-6-1-2-7-16/h5,10-11H,1-4,6-9,15H2. The van der Waals surface area contributed by atoms with Gasteiger partial charge in [0.2, 0.25) is 0 Å². The lowest BCUT2D eigenvalue weighted by Gasteiger charge is -2.36. The summed E-state index contributed by atoms with van der Waals surface area (Å²) in [6.45, 7) is 4.24. The van der Waals surface area contributed by atoms with E-state index >= 15 is 0 Å². The summed E-state index contributed by atoms with van der Waals surface area (Å²) in [5, 5.41) is 1.89. The molecular formula is C14H21N3OS. The summed E-state index contributed by atoms with van der Waals surface area (Å²) in [6.07, 6.45) is 4.89. The first kappa shape index (κ1) is 12.9. The molecule has 4 nitrogen and oxygen atoms in total. The number of likely N-dealkylation sites (tertiary alicyclic amines) is 2. The van der Waals surface area contributed by atoms with Crippen molar-refractivity contribution in [3.8, 4) is 0 Å². The number of hydrogen-bond acceptors (Lipinski definition) is 4. The summed E-state index contributed by atoms with van der Waals surface area (Å²) in [5.74, 6) is 0.118. The molecule has 1 aromatic rings. The number of rotatable bonds is 2. The summed E-state index contributed by atoms with van der Waals surface area (Å²) in [5.41, 5.74) is 6.45. The van der Waals surface area contributed by atoms with Crippen LogP contribution in [0.2, 0.25) is 0 Å². The summed E-state index contributed by atoms with van der Waals surface area (Å²) in [6, 6.07) is 2.50. The SMILES string of the molecule is Nc1ccsc1C(=O)N1CCC(N2CCCC2)CC1. The zero-order valence-electron chi connectivity index (χ0n) is 11.2. The Morgan fingerprint density at radius 1 is 1.21 bits per heavy atom. The van der Waals surface area contributed by atoms with Crippen molar-refractivity contribution < 1.29 is 4.79 Å². The van der Waals surface area contributed by atoms with Crippen LogP contribution < -0.4 is 5.73 Å². The summed E-state index contributed by atoms with van der Waals surface area (Å²) in [4.78, 5) is 17.6. The second kappa shape index (κ2) is 5.51. The van der Waals surface area contributed by atoms with Gasteiger partial charge < -0.3 is 15.5 Å². The molecule has 19 heavy (non-hydrogen) atoms. The molecule has 1 amide bonds. The van der Waals surface area contributed by atoms with Gasteiger partial charge >= 0.3 is 0 Å². The van der Waals surface area contributed by atoms with Gasteiger partial charge in [-0.2, -0.15) is 0 Å². The lowest BCUT2D eigenvalue weighted by molar-refractivity contribution is 0.0650. The van der Waals surface area contributed by atoms with E-state index in [0.717, 1.165) is 25.9 Å². The van der Waals surface area contributed by atoms with Crippen LogP contribution in [-0.2, 0) is 0 Å². The van der Waals surface area contributed by atoms with Crippen LogP contribution in [0.15, 0.2) is 11.4 Å². The molecule has 2 fully saturated rings. The Morgan fingerprint density at radius 2 is 1.89 bits per heavy atom. The van der Waals surface area contributed by atoms with Crippen molar-refractivity contribution in [1.82, 2.24) is 9.80 Å². The summed E-state index contributed by atoms with van der Waals surface area (Å²) >= 11 is 1.45. The molecule has 2 N–H and O–H groups in total. The van der Waals surface area contributed by atoms with Crippen molar-refractivity contribution >= 4 is 22.9 Å². The summed E-state index contributed by atoms with van der Waals surface area (Å²) in [7, 11) is 0. The van der Waals surface area contributed by atoms with E-state index in [1.165, 1.54) is 37.3 Å². The Hall–Kier alpha value is -1.07. The third-order valence-electron chi connectivity index (χ3n) is 4.30. The van der Waals surface area contributed by atoms with Crippen molar-refractivity contribution in [3.63, 3.8) is 0 Å². The van der Waals surface area contributed by atoms with E-state index in [1.807, 2.05) is 16.3 Å². The molecule has 1 aromatic heterocycles. The van der Waals surface area contributed by atoms with Crippen LogP contribution in [0.3, 0.4) is 0 Å². The van der Waals surface area contributed by atoms with E-state index < -0.39 is 0 Å². The zero-order chi connectivity index (χ0) is 13.2. The highest BCUT2D eigenvalue weighted by Gasteiger charge is 2.29. The third-order valence-corrected chi connectivity index (χ3v) is 5.22. The number of hydrogen-bond donors (Lipinski definition) is 1.